The first-order valence-electron chi connectivity index (χ1n) is 12.3. The fourth-order valence-electron chi connectivity index (χ4n) is 4.51. The number of fused-ring (bicyclic) bond motifs is 1. The maximum atomic E-state index is 12.8. The molecule has 0 aliphatic carbocycles. The predicted octanol–water partition coefficient (Wildman–Crippen LogP) is 3.06. The lowest BCUT2D eigenvalue weighted by atomic mass is 10.1. The number of hydrazone groups is 1. The van der Waals surface area contributed by atoms with Gasteiger partial charge in [-0.1, -0.05) is 18.2 Å². The second kappa shape index (κ2) is 11.1. The number of nitrogens with zero attached hydrogens (tertiary/aromatic N) is 5. The summed E-state index contributed by atoms with van der Waals surface area (Å²) in [5, 5.41) is 17.1. The van der Waals surface area contributed by atoms with Crippen LogP contribution in [0.5, 0.6) is 0 Å². The summed E-state index contributed by atoms with van der Waals surface area (Å²) in [6.07, 6.45) is 1.34. The second-order valence-corrected chi connectivity index (χ2v) is 9.05. The Bertz CT molecular complexity index is 1430. The highest BCUT2D eigenvalue weighted by Crippen LogP contribution is 2.31. The molecule has 1 fully saturated rings. The van der Waals surface area contributed by atoms with Gasteiger partial charge in [0, 0.05) is 49.7 Å². The van der Waals surface area contributed by atoms with Crippen molar-refractivity contribution in [2.75, 3.05) is 48.0 Å². The fourth-order valence-corrected chi connectivity index (χ4v) is 4.51. The lowest BCUT2D eigenvalue weighted by molar-refractivity contribution is -0.384. The Labute approximate surface area is 223 Å². The van der Waals surface area contributed by atoms with Crippen LogP contribution in [-0.4, -0.2) is 66.6 Å². The van der Waals surface area contributed by atoms with E-state index in [-0.39, 0.29) is 11.3 Å². The predicted molar refractivity (Wildman–Crippen MR) is 146 cm³/mol. The topological polar surface area (TPSA) is 140 Å². The van der Waals surface area contributed by atoms with Crippen molar-refractivity contribution < 1.29 is 19.3 Å². The first kappa shape index (κ1) is 25.5. The average Bonchev–Trinajstić information content (AvgIpc) is 3.18. The van der Waals surface area contributed by atoms with Gasteiger partial charge in [0.1, 0.15) is 0 Å². The Morgan fingerprint density at radius 1 is 0.974 bits per heavy atom. The van der Waals surface area contributed by atoms with Crippen molar-refractivity contribution in [3.63, 3.8) is 0 Å². The van der Waals surface area contributed by atoms with Gasteiger partial charge in [0.2, 0.25) is 0 Å². The van der Waals surface area contributed by atoms with E-state index in [4.69, 9.17) is 0 Å². The number of para-hydroxylation sites is 1. The molecule has 2 heterocycles. The number of anilines is 3. The number of benzene rings is 3. The first-order valence-corrected chi connectivity index (χ1v) is 12.3. The minimum absolute atomic E-state index is 0.0494. The number of piperazine rings is 1. The van der Waals surface area contributed by atoms with Gasteiger partial charge in [-0.3, -0.25) is 29.5 Å². The molecule has 39 heavy (non-hydrogen) atoms. The number of nitro benzene ring substituents is 1. The number of hydrogen-bond acceptors (Lipinski definition) is 8. The van der Waals surface area contributed by atoms with E-state index in [0.29, 0.717) is 23.6 Å². The molecule has 5 rings (SSSR count). The Kier molecular flexibility index (Phi) is 7.28. The molecule has 0 atom stereocenters. The third kappa shape index (κ3) is 5.75. The lowest BCUT2D eigenvalue weighted by Gasteiger charge is -2.37. The highest BCUT2D eigenvalue weighted by atomic mass is 16.6. The molecule has 3 aromatic carbocycles. The summed E-state index contributed by atoms with van der Waals surface area (Å²) < 4.78 is 0. The van der Waals surface area contributed by atoms with Crippen LogP contribution in [0.1, 0.15) is 15.9 Å². The highest BCUT2D eigenvalue weighted by molar-refractivity contribution is 6.52. The van der Waals surface area contributed by atoms with Gasteiger partial charge in [0.25, 0.3) is 11.5 Å². The van der Waals surface area contributed by atoms with Crippen LogP contribution < -0.4 is 20.5 Å². The van der Waals surface area contributed by atoms with E-state index in [1.165, 1.54) is 41.4 Å². The monoisotopic (exact) mass is 527 g/mol. The molecular formula is C27H25N7O5. The Morgan fingerprint density at radius 3 is 2.38 bits per heavy atom. The van der Waals surface area contributed by atoms with Crippen molar-refractivity contribution in [1.29, 1.82) is 0 Å². The van der Waals surface area contributed by atoms with E-state index in [2.05, 4.69) is 37.8 Å². The number of carbonyl (C=O) groups excluding carboxylic acids is 3. The van der Waals surface area contributed by atoms with Crippen molar-refractivity contribution in [2.24, 2.45) is 5.10 Å². The first-order chi connectivity index (χ1) is 18.9. The van der Waals surface area contributed by atoms with E-state index in [9.17, 15) is 24.5 Å². The Morgan fingerprint density at radius 2 is 1.69 bits per heavy atom. The molecule has 1 saturated heterocycles. The number of Topliss-reactive ketones (excluding diaryl/α,β-unsaturated/α-hetero) is 1. The molecule has 3 aromatic rings. The zero-order valence-electron chi connectivity index (χ0n) is 20.8. The molecule has 198 valence electrons. The zero-order chi connectivity index (χ0) is 27.4. The summed E-state index contributed by atoms with van der Waals surface area (Å²) in [4.78, 5) is 53.9. The van der Waals surface area contributed by atoms with Crippen molar-refractivity contribution in [2.45, 2.75) is 0 Å². The van der Waals surface area contributed by atoms with Gasteiger partial charge in [0.15, 0.2) is 0 Å². The molecule has 2 N–H and O–H groups in total. The number of carbonyl (C=O) groups is 3. The molecule has 0 unspecified atom stereocenters. The van der Waals surface area contributed by atoms with Crippen LogP contribution >= 0.6 is 0 Å². The Hall–Kier alpha value is -5.10. The van der Waals surface area contributed by atoms with Gasteiger partial charge in [-0.05, 0) is 48.0 Å². The third-order valence-corrected chi connectivity index (χ3v) is 6.55. The summed E-state index contributed by atoms with van der Waals surface area (Å²) in [6, 6.07) is 19.9. The van der Waals surface area contributed by atoms with E-state index in [1.807, 2.05) is 18.2 Å². The molecule has 0 radical (unpaired) electrons. The van der Waals surface area contributed by atoms with Gasteiger partial charge in [0.05, 0.1) is 29.1 Å². The van der Waals surface area contributed by atoms with Crippen LogP contribution in [0.2, 0.25) is 0 Å². The van der Waals surface area contributed by atoms with Crippen LogP contribution in [-0.2, 0) is 4.79 Å². The van der Waals surface area contributed by atoms with Gasteiger partial charge in [-0.25, -0.2) is 10.2 Å². The fraction of sp³-hybridized carbons (Fsp3) is 0.185. The number of nitro groups is 1. The Balaban J connectivity index is 1.17. The minimum atomic E-state index is -0.655. The molecular weight excluding hydrogens is 502 g/mol. The summed E-state index contributed by atoms with van der Waals surface area (Å²) in [5.74, 6) is -1.21. The number of amides is 3. The van der Waals surface area contributed by atoms with E-state index in [0.717, 1.165) is 31.9 Å². The molecule has 2 aliphatic rings. The van der Waals surface area contributed by atoms with E-state index in [1.54, 1.807) is 12.1 Å². The van der Waals surface area contributed by atoms with Crippen molar-refractivity contribution >= 4 is 46.7 Å². The van der Waals surface area contributed by atoms with Gasteiger partial charge < -0.3 is 10.2 Å². The van der Waals surface area contributed by atoms with Crippen LogP contribution in [0, 0.1) is 10.1 Å². The van der Waals surface area contributed by atoms with Gasteiger partial charge in [-0.15, -0.1) is 0 Å². The number of urea groups is 1. The van der Waals surface area contributed by atoms with Crippen LogP contribution in [0.25, 0.3) is 0 Å². The molecule has 0 bridgehead atoms. The smallest absolute Gasteiger partial charge is 0.339 e. The van der Waals surface area contributed by atoms with E-state index >= 15 is 0 Å². The minimum Gasteiger partial charge on any atom is -0.369 e. The lowest BCUT2D eigenvalue weighted by Crippen LogP contribution is -2.51. The normalized spacial score (nSPS) is 15.5. The third-order valence-electron chi connectivity index (χ3n) is 6.55. The largest absolute Gasteiger partial charge is 0.369 e. The summed E-state index contributed by atoms with van der Waals surface area (Å²) in [6.45, 7) is 3.45. The standard InChI is InChI=1S/C27H25N7O5/c35-25-23-16-20(29-27(37)30-28-17-19-6-9-22(10-7-19)34(38)39)8-11-24(23)33(26(25)36)18-31-12-14-32(15-13-31)21-4-2-1-3-5-21/h1-11,16-17H,12-15,18H2,(H2,29,30,37)/b28-17+. The second-order valence-electron chi connectivity index (χ2n) is 9.05. The number of hydrogen-bond donors (Lipinski definition) is 2. The number of ketones is 1. The van der Waals surface area contributed by atoms with Gasteiger partial charge in [-0.2, -0.15) is 5.10 Å². The van der Waals surface area contributed by atoms with Crippen molar-refractivity contribution in [3.05, 3.63) is 94.0 Å². The van der Waals surface area contributed by atoms with Gasteiger partial charge >= 0.3 is 11.9 Å². The maximum Gasteiger partial charge on any atom is 0.339 e. The summed E-state index contributed by atoms with van der Waals surface area (Å²) >= 11 is 0. The quantitative estimate of drug-likeness (QED) is 0.208. The van der Waals surface area contributed by atoms with Crippen molar-refractivity contribution in [3.8, 4) is 0 Å². The molecule has 0 aromatic heterocycles. The highest BCUT2D eigenvalue weighted by Gasteiger charge is 2.37. The van der Waals surface area contributed by atoms with Crippen LogP contribution in [0.3, 0.4) is 0 Å². The van der Waals surface area contributed by atoms with Crippen molar-refractivity contribution in [1.82, 2.24) is 10.3 Å². The van der Waals surface area contributed by atoms with Crippen LogP contribution in [0.15, 0.2) is 77.9 Å². The maximum absolute atomic E-state index is 12.8. The summed E-state index contributed by atoms with van der Waals surface area (Å²) in [5.41, 5.74) is 5.04. The van der Waals surface area contributed by atoms with E-state index < -0.39 is 22.6 Å². The molecule has 3 amide bonds. The molecule has 2 aliphatic heterocycles. The molecule has 0 spiro atoms. The number of non-ortho nitro benzene ring substituents is 1. The zero-order valence-corrected chi connectivity index (χ0v) is 20.8. The molecule has 12 nitrogen and oxygen atoms in total. The number of nitrogens with one attached hydrogen (secondary N) is 2. The average molecular weight is 528 g/mol. The number of rotatable bonds is 7. The summed E-state index contributed by atoms with van der Waals surface area (Å²) in [7, 11) is 0. The SMILES string of the molecule is O=C(N/N=C/c1ccc([N+](=O)[O-])cc1)Nc1ccc2c(c1)C(=O)C(=O)N2CN1CCN(c2ccccc2)CC1. The van der Waals surface area contributed by atoms with Crippen LogP contribution in [0.4, 0.5) is 27.5 Å². The molecule has 12 heteroatoms. The molecule has 0 saturated carbocycles.